The first-order valence-electron chi connectivity index (χ1n) is 6.20. The van der Waals surface area contributed by atoms with Crippen molar-refractivity contribution < 1.29 is 0 Å². The molecule has 0 aliphatic carbocycles. The Morgan fingerprint density at radius 2 is 2.24 bits per heavy atom. The number of hydrogen-bond acceptors (Lipinski definition) is 3. The van der Waals surface area contributed by atoms with Gasteiger partial charge in [0.05, 0.1) is 5.52 Å². The van der Waals surface area contributed by atoms with E-state index in [1.54, 1.807) is 0 Å². The van der Waals surface area contributed by atoms with Crippen molar-refractivity contribution in [2.24, 2.45) is 0 Å². The Hall–Kier alpha value is -1.48. The highest BCUT2D eigenvalue weighted by Crippen LogP contribution is 2.22. The third-order valence-corrected chi connectivity index (χ3v) is 3.52. The molecule has 3 nitrogen and oxygen atoms in total. The maximum Gasteiger partial charge on any atom is 0.0736 e. The van der Waals surface area contributed by atoms with Crippen LogP contribution in [0.1, 0.15) is 25.1 Å². The van der Waals surface area contributed by atoms with E-state index >= 15 is 0 Å². The lowest BCUT2D eigenvalue weighted by molar-refractivity contribution is 0.202. The van der Waals surface area contributed by atoms with Crippen LogP contribution in [0.2, 0.25) is 0 Å². The summed E-state index contributed by atoms with van der Waals surface area (Å²) in [4.78, 5) is 11.4. The number of aromatic nitrogens is 2. The second-order valence-corrected chi connectivity index (χ2v) is 4.98. The number of fused-ring (bicyclic) bond motifs is 2. The van der Waals surface area contributed by atoms with Crippen LogP contribution in [0.15, 0.2) is 24.5 Å². The van der Waals surface area contributed by atoms with E-state index in [0.29, 0.717) is 6.04 Å². The Labute approximate surface area is 101 Å². The Kier molecular flexibility index (Phi) is 2.56. The first-order valence-corrected chi connectivity index (χ1v) is 6.20. The van der Waals surface area contributed by atoms with Gasteiger partial charge in [0.25, 0.3) is 0 Å². The van der Waals surface area contributed by atoms with Gasteiger partial charge < -0.3 is 0 Å². The molecular weight excluding hydrogens is 210 g/mol. The largest absolute Gasteiger partial charge is 0.296 e. The average molecular weight is 227 g/mol. The quantitative estimate of drug-likeness (QED) is 0.749. The molecule has 2 aromatic heterocycles. The van der Waals surface area contributed by atoms with Crippen molar-refractivity contribution in [3.05, 3.63) is 35.8 Å². The molecule has 17 heavy (non-hydrogen) atoms. The Morgan fingerprint density at radius 3 is 3.06 bits per heavy atom. The standard InChI is InChI=1S/C14H17N3/c1-10(2)17-6-4-14-12(9-17)7-11-8-15-5-3-13(11)16-14/h3,5,7-8,10H,4,6,9H2,1-2H3. The minimum Gasteiger partial charge on any atom is -0.296 e. The molecule has 1 aliphatic rings. The summed E-state index contributed by atoms with van der Waals surface area (Å²) >= 11 is 0. The van der Waals surface area contributed by atoms with Gasteiger partial charge in [0.1, 0.15) is 0 Å². The topological polar surface area (TPSA) is 29.0 Å². The number of rotatable bonds is 1. The molecule has 0 amide bonds. The van der Waals surface area contributed by atoms with E-state index in [-0.39, 0.29) is 0 Å². The monoisotopic (exact) mass is 227 g/mol. The minimum atomic E-state index is 0.604. The van der Waals surface area contributed by atoms with Crippen molar-refractivity contribution in [1.82, 2.24) is 14.9 Å². The third kappa shape index (κ3) is 1.91. The van der Waals surface area contributed by atoms with Crippen LogP contribution in [-0.2, 0) is 13.0 Å². The van der Waals surface area contributed by atoms with Gasteiger partial charge in [-0.25, -0.2) is 0 Å². The second kappa shape index (κ2) is 4.08. The van der Waals surface area contributed by atoms with E-state index < -0.39 is 0 Å². The lowest BCUT2D eigenvalue weighted by atomic mass is 10.0. The summed E-state index contributed by atoms with van der Waals surface area (Å²) < 4.78 is 0. The molecule has 0 bridgehead atoms. The van der Waals surface area contributed by atoms with Crippen LogP contribution in [-0.4, -0.2) is 27.5 Å². The van der Waals surface area contributed by atoms with E-state index in [4.69, 9.17) is 4.98 Å². The minimum absolute atomic E-state index is 0.604. The zero-order chi connectivity index (χ0) is 11.8. The molecule has 3 rings (SSSR count). The van der Waals surface area contributed by atoms with Crippen molar-refractivity contribution in [3.8, 4) is 0 Å². The molecule has 1 aliphatic heterocycles. The van der Waals surface area contributed by atoms with Crippen LogP contribution in [0.3, 0.4) is 0 Å². The summed E-state index contributed by atoms with van der Waals surface area (Å²) in [5.41, 5.74) is 3.70. The van der Waals surface area contributed by atoms with Crippen LogP contribution < -0.4 is 0 Å². The van der Waals surface area contributed by atoms with Gasteiger partial charge >= 0.3 is 0 Å². The lowest BCUT2D eigenvalue weighted by Crippen LogP contribution is -2.36. The summed E-state index contributed by atoms with van der Waals surface area (Å²) in [7, 11) is 0. The highest BCUT2D eigenvalue weighted by Gasteiger charge is 2.19. The van der Waals surface area contributed by atoms with Crippen molar-refractivity contribution in [3.63, 3.8) is 0 Å². The van der Waals surface area contributed by atoms with Crippen LogP contribution in [0.5, 0.6) is 0 Å². The van der Waals surface area contributed by atoms with E-state index in [0.717, 1.165) is 30.4 Å². The van der Waals surface area contributed by atoms with Crippen LogP contribution in [0.4, 0.5) is 0 Å². The van der Waals surface area contributed by atoms with Gasteiger partial charge in [-0.15, -0.1) is 0 Å². The smallest absolute Gasteiger partial charge is 0.0736 e. The first-order chi connectivity index (χ1) is 8.24. The molecule has 0 radical (unpaired) electrons. The number of pyridine rings is 2. The normalized spacial score (nSPS) is 16.4. The maximum absolute atomic E-state index is 4.74. The van der Waals surface area contributed by atoms with Gasteiger partial charge in [-0.2, -0.15) is 0 Å². The van der Waals surface area contributed by atoms with Gasteiger partial charge in [-0.1, -0.05) is 0 Å². The van der Waals surface area contributed by atoms with E-state index in [9.17, 15) is 0 Å². The van der Waals surface area contributed by atoms with Crippen molar-refractivity contribution in [2.45, 2.75) is 32.9 Å². The molecule has 0 fully saturated rings. The van der Waals surface area contributed by atoms with Crippen molar-refractivity contribution >= 4 is 10.9 Å². The Bertz CT molecular complexity index is 548. The average Bonchev–Trinajstić information content (AvgIpc) is 2.35. The molecule has 0 saturated heterocycles. The molecule has 0 N–H and O–H groups in total. The predicted molar refractivity (Wildman–Crippen MR) is 68.8 cm³/mol. The van der Waals surface area contributed by atoms with E-state index in [2.05, 4.69) is 29.8 Å². The molecule has 0 aromatic carbocycles. The van der Waals surface area contributed by atoms with Gasteiger partial charge in [0, 0.05) is 49.0 Å². The molecule has 0 atom stereocenters. The highest BCUT2D eigenvalue weighted by molar-refractivity contribution is 5.78. The van der Waals surface area contributed by atoms with Crippen LogP contribution in [0.25, 0.3) is 10.9 Å². The van der Waals surface area contributed by atoms with Gasteiger partial charge in [-0.3, -0.25) is 14.9 Å². The molecule has 3 heteroatoms. The molecule has 88 valence electrons. The lowest BCUT2D eigenvalue weighted by Gasteiger charge is -2.31. The molecule has 3 heterocycles. The fraction of sp³-hybridized carbons (Fsp3) is 0.429. The van der Waals surface area contributed by atoms with Gasteiger partial charge in [0.15, 0.2) is 0 Å². The fourth-order valence-corrected chi connectivity index (χ4v) is 2.44. The SMILES string of the molecule is CC(C)N1CCc2nc3ccncc3cc2C1. The third-order valence-electron chi connectivity index (χ3n) is 3.52. The van der Waals surface area contributed by atoms with Gasteiger partial charge in [-0.05, 0) is 31.5 Å². The van der Waals surface area contributed by atoms with E-state index in [1.807, 2.05) is 18.5 Å². The summed E-state index contributed by atoms with van der Waals surface area (Å²) in [5.74, 6) is 0. The summed E-state index contributed by atoms with van der Waals surface area (Å²) in [6, 6.07) is 4.84. The molecule has 0 spiro atoms. The first kappa shape index (κ1) is 10.7. The summed E-state index contributed by atoms with van der Waals surface area (Å²) in [5, 5.41) is 1.15. The number of hydrogen-bond donors (Lipinski definition) is 0. The fourth-order valence-electron chi connectivity index (χ4n) is 2.44. The van der Waals surface area contributed by atoms with E-state index in [1.165, 1.54) is 11.3 Å². The van der Waals surface area contributed by atoms with Crippen molar-refractivity contribution in [2.75, 3.05) is 6.54 Å². The highest BCUT2D eigenvalue weighted by atomic mass is 15.2. The molecule has 0 saturated carbocycles. The maximum atomic E-state index is 4.74. The molecule has 2 aromatic rings. The summed E-state index contributed by atoms with van der Waals surface area (Å²) in [6.07, 6.45) is 4.77. The predicted octanol–water partition coefficient (Wildman–Crippen LogP) is 2.40. The second-order valence-electron chi connectivity index (χ2n) is 4.98. The zero-order valence-electron chi connectivity index (χ0n) is 10.3. The van der Waals surface area contributed by atoms with Crippen molar-refractivity contribution in [1.29, 1.82) is 0 Å². The zero-order valence-corrected chi connectivity index (χ0v) is 10.3. The van der Waals surface area contributed by atoms with Gasteiger partial charge in [0.2, 0.25) is 0 Å². The molecular formula is C14H17N3. The molecule has 0 unspecified atom stereocenters. The Morgan fingerprint density at radius 1 is 1.35 bits per heavy atom. The van der Waals surface area contributed by atoms with Crippen LogP contribution >= 0.6 is 0 Å². The summed E-state index contributed by atoms with van der Waals surface area (Å²) in [6.45, 7) is 6.64. The number of nitrogens with zero attached hydrogens (tertiary/aromatic N) is 3. The Balaban J connectivity index is 2.05. The van der Waals surface area contributed by atoms with Crippen LogP contribution in [0, 0.1) is 0 Å².